The van der Waals surface area contributed by atoms with Crippen molar-refractivity contribution in [3.8, 4) is 11.1 Å². The van der Waals surface area contributed by atoms with E-state index in [4.69, 9.17) is 9.47 Å². The minimum absolute atomic E-state index is 0.103. The average molecular weight is 454 g/mol. The highest BCUT2D eigenvalue weighted by molar-refractivity contribution is 5.85. The van der Waals surface area contributed by atoms with Gasteiger partial charge >= 0.3 is 12.2 Å². The van der Waals surface area contributed by atoms with Crippen LogP contribution >= 0.6 is 0 Å². The molecule has 2 aromatic rings. The van der Waals surface area contributed by atoms with Crippen molar-refractivity contribution in [1.29, 1.82) is 0 Å². The smallest absolute Gasteiger partial charge is 0.411 e. The van der Waals surface area contributed by atoms with E-state index in [1.807, 2.05) is 63.2 Å². The van der Waals surface area contributed by atoms with Crippen molar-refractivity contribution in [1.82, 2.24) is 9.80 Å². The molecule has 1 aliphatic heterocycles. The Morgan fingerprint density at radius 1 is 1.00 bits per heavy atom. The van der Waals surface area contributed by atoms with E-state index in [1.54, 1.807) is 11.9 Å². The van der Waals surface area contributed by atoms with Gasteiger partial charge in [-0.05, 0) is 56.9 Å². The third-order valence-electron chi connectivity index (χ3n) is 5.50. The average Bonchev–Trinajstić information content (AvgIpc) is 2.78. The van der Waals surface area contributed by atoms with Crippen molar-refractivity contribution in [3.63, 3.8) is 0 Å². The molecule has 7 nitrogen and oxygen atoms in total. The molecule has 1 fully saturated rings. The zero-order valence-electron chi connectivity index (χ0n) is 20.0. The molecule has 0 spiro atoms. The molecule has 0 radical (unpaired) electrons. The van der Waals surface area contributed by atoms with Gasteiger partial charge in [0.1, 0.15) is 11.7 Å². The number of nitrogens with zero attached hydrogens (tertiary/aromatic N) is 2. The van der Waals surface area contributed by atoms with Crippen molar-refractivity contribution in [2.45, 2.75) is 45.3 Å². The maximum absolute atomic E-state index is 12.3. The van der Waals surface area contributed by atoms with E-state index in [1.165, 1.54) is 0 Å². The molecule has 1 N–H and O–H groups in total. The molecule has 7 heteroatoms. The van der Waals surface area contributed by atoms with Crippen molar-refractivity contribution in [3.05, 3.63) is 54.6 Å². The van der Waals surface area contributed by atoms with Crippen LogP contribution in [0.3, 0.4) is 0 Å². The predicted octanol–water partition coefficient (Wildman–Crippen LogP) is 5.23. The van der Waals surface area contributed by atoms with Gasteiger partial charge in [-0.15, -0.1) is 0 Å². The Balaban J connectivity index is 1.37. The fourth-order valence-corrected chi connectivity index (χ4v) is 3.65. The monoisotopic (exact) mass is 453 g/mol. The number of carbonyl (C=O) groups excluding carboxylic acids is 2. The Hall–Kier alpha value is -3.06. The zero-order valence-corrected chi connectivity index (χ0v) is 20.0. The number of amides is 2. The summed E-state index contributed by atoms with van der Waals surface area (Å²) < 4.78 is 11.0. The second-order valence-electron chi connectivity index (χ2n) is 9.42. The van der Waals surface area contributed by atoms with Crippen LogP contribution in [-0.4, -0.2) is 66.9 Å². The Morgan fingerprint density at radius 2 is 1.61 bits per heavy atom. The molecule has 1 saturated heterocycles. The van der Waals surface area contributed by atoms with Crippen LogP contribution in [0.2, 0.25) is 0 Å². The topological polar surface area (TPSA) is 71.1 Å². The van der Waals surface area contributed by atoms with E-state index < -0.39 is 11.7 Å². The number of rotatable bonds is 6. The highest BCUT2D eigenvalue weighted by Crippen LogP contribution is 2.21. The molecule has 0 unspecified atom stereocenters. The van der Waals surface area contributed by atoms with Gasteiger partial charge in [-0.25, -0.2) is 9.59 Å². The number of hydrogen-bond acceptors (Lipinski definition) is 5. The molecule has 0 atom stereocenters. The summed E-state index contributed by atoms with van der Waals surface area (Å²) in [5.41, 5.74) is 2.45. The van der Waals surface area contributed by atoms with Crippen LogP contribution in [0.4, 0.5) is 15.3 Å². The first-order valence-electron chi connectivity index (χ1n) is 11.5. The summed E-state index contributed by atoms with van der Waals surface area (Å²) >= 11 is 0. The first kappa shape index (κ1) is 24.6. The summed E-state index contributed by atoms with van der Waals surface area (Å²) in [6.07, 6.45) is 0.709. The highest BCUT2D eigenvalue weighted by atomic mass is 16.6. The Kier molecular flexibility index (Phi) is 8.33. The predicted molar refractivity (Wildman–Crippen MR) is 130 cm³/mol. The minimum Gasteiger partial charge on any atom is -0.446 e. The normalized spacial score (nSPS) is 15.0. The Bertz CT molecular complexity index is 901. The van der Waals surface area contributed by atoms with Gasteiger partial charge in [-0.2, -0.15) is 0 Å². The minimum atomic E-state index is -0.495. The number of likely N-dealkylation sites (N-methyl/N-ethyl adjacent to an activating group) is 1. The van der Waals surface area contributed by atoms with E-state index in [2.05, 4.69) is 22.3 Å². The summed E-state index contributed by atoms with van der Waals surface area (Å²) in [6, 6.07) is 17.8. The van der Waals surface area contributed by atoms with Crippen LogP contribution < -0.4 is 5.32 Å². The molecule has 33 heavy (non-hydrogen) atoms. The summed E-state index contributed by atoms with van der Waals surface area (Å²) in [7, 11) is 1.75. The number of nitrogens with one attached hydrogen (secondary N) is 1. The lowest BCUT2D eigenvalue weighted by molar-refractivity contribution is 0.0249. The lowest BCUT2D eigenvalue weighted by atomic mass is 10.1. The van der Waals surface area contributed by atoms with Crippen LogP contribution in [0.1, 0.15) is 33.6 Å². The lowest BCUT2D eigenvalue weighted by Crippen LogP contribution is -2.43. The second-order valence-corrected chi connectivity index (χ2v) is 9.42. The van der Waals surface area contributed by atoms with E-state index in [-0.39, 0.29) is 12.2 Å². The fraction of sp³-hybridized carbons (Fsp3) is 0.462. The summed E-state index contributed by atoms with van der Waals surface area (Å²) in [6.45, 7) is 8.60. The van der Waals surface area contributed by atoms with Gasteiger partial charge in [-0.1, -0.05) is 42.5 Å². The second kappa shape index (κ2) is 11.2. The number of carbonyl (C=O) groups is 2. The van der Waals surface area contributed by atoms with Crippen LogP contribution in [0.5, 0.6) is 0 Å². The summed E-state index contributed by atoms with van der Waals surface area (Å²) in [4.78, 5) is 28.3. The van der Waals surface area contributed by atoms with Gasteiger partial charge in [0.25, 0.3) is 0 Å². The molecule has 0 saturated carbocycles. The first-order valence-corrected chi connectivity index (χ1v) is 11.5. The van der Waals surface area contributed by atoms with Crippen molar-refractivity contribution in [2.24, 2.45) is 0 Å². The standard InChI is InChI=1S/C26H35N3O4/c1-26(2,3)33-25(31)28(4)18-19-29-16-14-23(15-17-29)32-24(30)27-22-12-10-21(11-13-22)20-8-6-5-7-9-20/h5-13,23H,14-19H2,1-4H3,(H,27,30). The molecular weight excluding hydrogens is 418 g/mol. The Labute approximate surface area is 196 Å². The molecular formula is C26H35N3O4. The quantitative estimate of drug-likeness (QED) is 0.648. The van der Waals surface area contributed by atoms with E-state index in [0.717, 1.165) is 43.6 Å². The fourth-order valence-electron chi connectivity index (χ4n) is 3.65. The molecule has 3 rings (SSSR count). The van der Waals surface area contributed by atoms with Crippen molar-refractivity contribution >= 4 is 17.9 Å². The SMILES string of the molecule is CN(CCN1CCC(OC(=O)Nc2ccc(-c3ccccc3)cc2)CC1)C(=O)OC(C)(C)C. The first-order chi connectivity index (χ1) is 15.7. The van der Waals surface area contributed by atoms with E-state index in [9.17, 15) is 9.59 Å². The largest absolute Gasteiger partial charge is 0.446 e. The van der Waals surface area contributed by atoms with Crippen LogP contribution in [0, 0.1) is 0 Å². The molecule has 0 bridgehead atoms. The molecule has 0 aromatic heterocycles. The summed E-state index contributed by atoms with van der Waals surface area (Å²) in [5.74, 6) is 0. The van der Waals surface area contributed by atoms with Crippen molar-refractivity contribution < 1.29 is 19.1 Å². The van der Waals surface area contributed by atoms with Gasteiger partial charge < -0.3 is 19.3 Å². The van der Waals surface area contributed by atoms with E-state index >= 15 is 0 Å². The van der Waals surface area contributed by atoms with Gasteiger partial charge in [-0.3, -0.25) is 5.32 Å². The number of anilines is 1. The summed E-state index contributed by atoms with van der Waals surface area (Å²) in [5, 5.41) is 2.82. The Morgan fingerprint density at radius 3 is 2.21 bits per heavy atom. The maximum atomic E-state index is 12.3. The van der Waals surface area contributed by atoms with Crippen molar-refractivity contribution in [2.75, 3.05) is 38.5 Å². The van der Waals surface area contributed by atoms with Gasteiger partial charge in [0.05, 0.1) is 0 Å². The number of ether oxygens (including phenoxy) is 2. The van der Waals surface area contributed by atoms with Crippen LogP contribution in [-0.2, 0) is 9.47 Å². The molecule has 178 valence electrons. The molecule has 1 aliphatic rings. The maximum Gasteiger partial charge on any atom is 0.411 e. The zero-order chi connectivity index (χ0) is 23.8. The molecule has 2 amide bonds. The van der Waals surface area contributed by atoms with Gasteiger partial charge in [0.15, 0.2) is 0 Å². The van der Waals surface area contributed by atoms with E-state index in [0.29, 0.717) is 12.2 Å². The number of piperidine rings is 1. The third-order valence-corrected chi connectivity index (χ3v) is 5.50. The molecule has 2 aromatic carbocycles. The highest BCUT2D eigenvalue weighted by Gasteiger charge is 2.24. The van der Waals surface area contributed by atoms with Crippen LogP contribution in [0.25, 0.3) is 11.1 Å². The molecule has 1 heterocycles. The third kappa shape index (κ3) is 8.09. The lowest BCUT2D eigenvalue weighted by Gasteiger charge is -2.33. The van der Waals surface area contributed by atoms with Gasteiger partial charge in [0, 0.05) is 38.9 Å². The number of benzene rings is 2. The number of hydrogen-bond donors (Lipinski definition) is 1. The number of likely N-dealkylation sites (tertiary alicyclic amines) is 1. The molecule has 0 aliphatic carbocycles. The van der Waals surface area contributed by atoms with Crippen LogP contribution in [0.15, 0.2) is 54.6 Å². The van der Waals surface area contributed by atoms with Gasteiger partial charge in [0.2, 0.25) is 0 Å².